The molecule has 2 nitrogen and oxygen atoms in total. The first-order valence-corrected chi connectivity index (χ1v) is 8.47. The van der Waals surface area contributed by atoms with Crippen LogP contribution in [-0.2, 0) is 13.1 Å². The van der Waals surface area contributed by atoms with Crippen molar-refractivity contribution in [1.29, 1.82) is 0 Å². The van der Waals surface area contributed by atoms with Crippen LogP contribution in [-0.4, -0.2) is 23.5 Å². The average Bonchev–Trinajstić information content (AvgIpc) is 3.12. The van der Waals surface area contributed by atoms with Crippen molar-refractivity contribution in [2.75, 3.05) is 6.54 Å². The van der Waals surface area contributed by atoms with E-state index in [9.17, 15) is 0 Å². The molecule has 0 saturated heterocycles. The van der Waals surface area contributed by atoms with Gasteiger partial charge in [0.1, 0.15) is 0 Å². The topological polar surface area (TPSA) is 15.3 Å². The summed E-state index contributed by atoms with van der Waals surface area (Å²) in [6.07, 6.45) is 3.97. The van der Waals surface area contributed by atoms with Crippen molar-refractivity contribution in [3.63, 3.8) is 0 Å². The van der Waals surface area contributed by atoms with Crippen LogP contribution < -0.4 is 5.32 Å². The standard InChI is InChI=1S/C16H28N2S/c1-5-8-18(12(2)3)11-14-9-16(19-13(14)4)10-17-15-6-7-15/h9,12,15,17H,5-8,10-11H2,1-4H3. The number of nitrogens with one attached hydrogen (secondary N) is 1. The van der Waals surface area contributed by atoms with Crippen molar-refractivity contribution >= 4 is 11.3 Å². The number of aryl methyl sites for hydroxylation is 1. The molecule has 0 bridgehead atoms. The lowest BCUT2D eigenvalue weighted by Crippen LogP contribution is -2.31. The maximum absolute atomic E-state index is 3.61. The van der Waals surface area contributed by atoms with Gasteiger partial charge in [0.05, 0.1) is 0 Å². The molecule has 0 spiro atoms. The Hall–Kier alpha value is -0.380. The van der Waals surface area contributed by atoms with Gasteiger partial charge in [0.15, 0.2) is 0 Å². The fourth-order valence-electron chi connectivity index (χ4n) is 2.39. The fraction of sp³-hybridized carbons (Fsp3) is 0.750. The molecule has 0 atom stereocenters. The lowest BCUT2D eigenvalue weighted by molar-refractivity contribution is 0.213. The van der Waals surface area contributed by atoms with Crippen molar-refractivity contribution in [2.45, 2.75) is 72.1 Å². The quantitative estimate of drug-likeness (QED) is 0.776. The summed E-state index contributed by atoms with van der Waals surface area (Å²) in [7, 11) is 0. The normalized spacial score (nSPS) is 15.7. The summed E-state index contributed by atoms with van der Waals surface area (Å²) in [5, 5.41) is 3.61. The largest absolute Gasteiger partial charge is 0.309 e. The number of thiophene rings is 1. The Kier molecular flexibility index (Phi) is 5.43. The van der Waals surface area contributed by atoms with Gasteiger partial charge in [-0.2, -0.15) is 0 Å². The highest BCUT2D eigenvalue weighted by Gasteiger charge is 2.20. The molecule has 3 heteroatoms. The van der Waals surface area contributed by atoms with Crippen molar-refractivity contribution in [3.8, 4) is 0 Å². The van der Waals surface area contributed by atoms with Crippen LogP contribution in [0.1, 0.15) is 55.4 Å². The highest BCUT2D eigenvalue weighted by Crippen LogP contribution is 2.25. The van der Waals surface area contributed by atoms with Gasteiger partial charge in [0, 0.05) is 34.9 Å². The molecule has 1 aliphatic carbocycles. The van der Waals surface area contributed by atoms with E-state index < -0.39 is 0 Å². The van der Waals surface area contributed by atoms with Gasteiger partial charge >= 0.3 is 0 Å². The Morgan fingerprint density at radius 1 is 1.42 bits per heavy atom. The molecule has 1 aliphatic rings. The monoisotopic (exact) mass is 280 g/mol. The number of rotatable bonds is 8. The predicted molar refractivity (Wildman–Crippen MR) is 84.8 cm³/mol. The third-order valence-corrected chi connectivity index (χ3v) is 4.92. The van der Waals surface area contributed by atoms with E-state index in [1.165, 1.54) is 41.1 Å². The molecule has 19 heavy (non-hydrogen) atoms. The second kappa shape index (κ2) is 6.87. The smallest absolute Gasteiger partial charge is 0.0302 e. The van der Waals surface area contributed by atoms with Gasteiger partial charge in [-0.05, 0) is 58.2 Å². The molecule has 0 radical (unpaired) electrons. The van der Waals surface area contributed by atoms with E-state index in [2.05, 4.69) is 44.0 Å². The molecule has 2 rings (SSSR count). The number of hydrogen-bond acceptors (Lipinski definition) is 3. The molecule has 0 aromatic carbocycles. The maximum Gasteiger partial charge on any atom is 0.0302 e. The Bertz CT molecular complexity index is 393. The van der Waals surface area contributed by atoms with Gasteiger partial charge in [0.25, 0.3) is 0 Å². The highest BCUT2D eigenvalue weighted by molar-refractivity contribution is 7.12. The summed E-state index contributed by atoms with van der Waals surface area (Å²) in [6, 6.07) is 3.85. The molecule has 1 N–H and O–H groups in total. The summed E-state index contributed by atoms with van der Waals surface area (Å²) in [6.45, 7) is 12.5. The third kappa shape index (κ3) is 4.59. The van der Waals surface area contributed by atoms with E-state index in [0.29, 0.717) is 6.04 Å². The van der Waals surface area contributed by atoms with Crippen LogP contribution in [0.4, 0.5) is 0 Å². The van der Waals surface area contributed by atoms with E-state index in [0.717, 1.165) is 19.1 Å². The van der Waals surface area contributed by atoms with E-state index in [4.69, 9.17) is 0 Å². The summed E-state index contributed by atoms with van der Waals surface area (Å²) in [4.78, 5) is 5.57. The van der Waals surface area contributed by atoms with E-state index in [1.807, 2.05) is 11.3 Å². The second-order valence-corrected chi connectivity index (χ2v) is 7.35. The fourth-order valence-corrected chi connectivity index (χ4v) is 3.39. The van der Waals surface area contributed by atoms with E-state index in [-0.39, 0.29) is 0 Å². The minimum Gasteiger partial charge on any atom is -0.309 e. The Morgan fingerprint density at radius 3 is 2.74 bits per heavy atom. The van der Waals surface area contributed by atoms with Gasteiger partial charge in [-0.15, -0.1) is 11.3 Å². The first kappa shape index (κ1) is 15.0. The first-order chi connectivity index (χ1) is 9.10. The van der Waals surface area contributed by atoms with Gasteiger partial charge in [-0.25, -0.2) is 0 Å². The first-order valence-electron chi connectivity index (χ1n) is 7.65. The minimum atomic E-state index is 0.632. The van der Waals surface area contributed by atoms with Crippen molar-refractivity contribution in [2.24, 2.45) is 0 Å². The van der Waals surface area contributed by atoms with Crippen molar-refractivity contribution in [1.82, 2.24) is 10.2 Å². The Labute approximate surface area is 122 Å². The maximum atomic E-state index is 3.61. The van der Waals surface area contributed by atoms with Crippen LogP contribution in [0.5, 0.6) is 0 Å². The Morgan fingerprint density at radius 2 is 2.16 bits per heavy atom. The van der Waals surface area contributed by atoms with Crippen LogP contribution in [0, 0.1) is 6.92 Å². The lowest BCUT2D eigenvalue weighted by atomic mass is 10.2. The van der Waals surface area contributed by atoms with Crippen LogP contribution in [0.15, 0.2) is 6.07 Å². The molecule has 0 unspecified atom stereocenters. The summed E-state index contributed by atoms with van der Waals surface area (Å²) < 4.78 is 0. The zero-order valence-electron chi connectivity index (χ0n) is 12.8. The van der Waals surface area contributed by atoms with Crippen LogP contribution in [0.25, 0.3) is 0 Å². The molecule has 108 valence electrons. The SMILES string of the molecule is CCCN(Cc1cc(CNC2CC2)sc1C)C(C)C. The molecular formula is C16H28N2S. The molecule has 0 amide bonds. The molecule has 1 saturated carbocycles. The second-order valence-electron chi connectivity index (χ2n) is 6.01. The number of hydrogen-bond donors (Lipinski definition) is 1. The van der Waals surface area contributed by atoms with Crippen molar-refractivity contribution in [3.05, 3.63) is 21.4 Å². The van der Waals surface area contributed by atoms with E-state index >= 15 is 0 Å². The zero-order chi connectivity index (χ0) is 13.8. The lowest BCUT2D eigenvalue weighted by Gasteiger charge is -2.25. The molecule has 1 aromatic rings. The van der Waals surface area contributed by atoms with Crippen molar-refractivity contribution < 1.29 is 0 Å². The molecule has 1 aromatic heterocycles. The van der Waals surface area contributed by atoms with Gasteiger partial charge in [-0.3, -0.25) is 4.90 Å². The molecule has 1 fully saturated rings. The zero-order valence-corrected chi connectivity index (χ0v) is 13.6. The third-order valence-electron chi connectivity index (χ3n) is 3.83. The molecule has 0 aliphatic heterocycles. The molecule has 1 heterocycles. The van der Waals surface area contributed by atoms with Crippen LogP contribution >= 0.6 is 11.3 Å². The predicted octanol–water partition coefficient (Wildman–Crippen LogP) is 3.93. The number of nitrogens with zero attached hydrogens (tertiary/aromatic N) is 1. The summed E-state index contributed by atoms with van der Waals surface area (Å²) >= 11 is 1.97. The van der Waals surface area contributed by atoms with Crippen LogP contribution in [0.2, 0.25) is 0 Å². The molecular weight excluding hydrogens is 252 g/mol. The highest BCUT2D eigenvalue weighted by atomic mass is 32.1. The van der Waals surface area contributed by atoms with Gasteiger partial charge in [0.2, 0.25) is 0 Å². The Balaban J connectivity index is 1.93. The minimum absolute atomic E-state index is 0.632. The summed E-state index contributed by atoms with van der Waals surface area (Å²) in [5.74, 6) is 0. The van der Waals surface area contributed by atoms with Gasteiger partial charge < -0.3 is 5.32 Å². The van der Waals surface area contributed by atoms with Crippen LogP contribution in [0.3, 0.4) is 0 Å². The van der Waals surface area contributed by atoms with E-state index in [1.54, 1.807) is 0 Å². The van der Waals surface area contributed by atoms with Gasteiger partial charge in [-0.1, -0.05) is 6.92 Å². The summed E-state index contributed by atoms with van der Waals surface area (Å²) in [5.41, 5.74) is 1.53. The average molecular weight is 280 g/mol.